The highest BCUT2D eigenvalue weighted by molar-refractivity contribution is 7.99. The molecular formula is C31H41N3O2S. The second-order valence-corrected chi connectivity index (χ2v) is 14.6. The van der Waals surface area contributed by atoms with Crippen molar-refractivity contribution >= 4 is 23.6 Å². The number of ketones is 1. The van der Waals surface area contributed by atoms with Crippen LogP contribution in [-0.4, -0.2) is 37.5 Å². The van der Waals surface area contributed by atoms with Gasteiger partial charge in [0, 0.05) is 12.1 Å². The maximum absolute atomic E-state index is 13.5. The van der Waals surface area contributed by atoms with Crippen LogP contribution in [0.3, 0.4) is 0 Å². The van der Waals surface area contributed by atoms with Gasteiger partial charge < -0.3 is 5.11 Å². The molecule has 37 heavy (non-hydrogen) atoms. The Kier molecular flexibility index (Phi) is 6.04. The van der Waals surface area contributed by atoms with E-state index in [1.54, 1.807) is 18.0 Å². The molecular weight excluding hydrogens is 478 g/mol. The van der Waals surface area contributed by atoms with Crippen molar-refractivity contribution in [3.8, 4) is 0 Å². The number of nitrogens with zero attached hydrogens (tertiary/aromatic N) is 3. The molecule has 0 saturated heterocycles. The number of thioether (sulfide) groups is 1. The van der Waals surface area contributed by atoms with E-state index in [1.165, 1.54) is 16.8 Å². The summed E-state index contributed by atoms with van der Waals surface area (Å²) in [7, 11) is 0. The highest BCUT2D eigenvalue weighted by Crippen LogP contribution is 2.66. The predicted molar refractivity (Wildman–Crippen MR) is 148 cm³/mol. The largest absolute Gasteiger partial charge is 0.393 e. The Labute approximate surface area is 225 Å². The number of carbonyl (C=O) groups is 1. The molecule has 6 rings (SSSR count). The van der Waals surface area contributed by atoms with Gasteiger partial charge in [-0.3, -0.25) is 9.48 Å². The van der Waals surface area contributed by atoms with Gasteiger partial charge in [0.15, 0.2) is 0 Å². The molecule has 0 spiro atoms. The van der Waals surface area contributed by atoms with Gasteiger partial charge in [0.25, 0.3) is 0 Å². The van der Waals surface area contributed by atoms with E-state index in [9.17, 15) is 9.90 Å². The quantitative estimate of drug-likeness (QED) is 0.490. The fraction of sp³-hybridized carbons (Fsp3) is 0.645. The molecule has 198 valence electrons. The number of carbonyl (C=O) groups excluding carboxylic acids is 1. The molecule has 4 aliphatic rings. The average molecular weight is 520 g/mol. The van der Waals surface area contributed by atoms with Gasteiger partial charge in [-0.15, -0.1) is 0 Å². The van der Waals surface area contributed by atoms with Crippen molar-refractivity contribution in [1.82, 2.24) is 14.8 Å². The third kappa shape index (κ3) is 3.96. The molecule has 2 aromatic heterocycles. The van der Waals surface area contributed by atoms with Crippen molar-refractivity contribution in [3.05, 3.63) is 47.4 Å². The SMILES string of the molecule is CC12Cc3cnn(C(C)(C)C)c3C=C1CCC1C2C(O)CC2(C)C(C(=O)CSc3ccccn3)CCC12. The highest BCUT2D eigenvalue weighted by Gasteiger charge is 2.63. The van der Waals surface area contributed by atoms with Crippen LogP contribution in [0, 0.1) is 34.5 Å². The summed E-state index contributed by atoms with van der Waals surface area (Å²) in [6.07, 6.45) is 11.8. The van der Waals surface area contributed by atoms with Crippen LogP contribution in [0.5, 0.6) is 0 Å². The third-order valence-electron chi connectivity index (χ3n) is 10.4. The van der Waals surface area contributed by atoms with Gasteiger partial charge in [0.05, 0.1) is 34.3 Å². The maximum atomic E-state index is 13.5. The lowest BCUT2D eigenvalue weighted by Gasteiger charge is -2.59. The van der Waals surface area contributed by atoms with Gasteiger partial charge in [-0.2, -0.15) is 5.10 Å². The van der Waals surface area contributed by atoms with Gasteiger partial charge in [0.1, 0.15) is 5.78 Å². The van der Waals surface area contributed by atoms with Crippen LogP contribution in [0.1, 0.15) is 78.0 Å². The zero-order valence-corrected chi connectivity index (χ0v) is 23.7. The molecule has 7 atom stereocenters. The first-order valence-electron chi connectivity index (χ1n) is 14.1. The Morgan fingerprint density at radius 1 is 1.22 bits per heavy atom. The second-order valence-electron chi connectivity index (χ2n) is 13.6. The minimum absolute atomic E-state index is 0.0389. The topological polar surface area (TPSA) is 68.0 Å². The first kappa shape index (κ1) is 25.4. The van der Waals surface area contributed by atoms with Crippen molar-refractivity contribution in [3.63, 3.8) is 0 Å². The molecule has 5 nitrogen and oxygen atoms in total. The molecule has 0 bridgehead atoms. The first-order chi connectivity index (χ1) is 17.5. The summed E-state index contributed by atoms with van der Waals surface area (Å²) >= 11 is 1.55. The number of Topliss-reactive ketones (excluding diaryl/α,β-unsaturated/α-hetero) is 1. The number of fused-ring (bicyclic) bond motifs is 6. The van der Waals surface area contributed by atoms with Crippen LogP contribution in [0.25, 0.3) is 6.08 Å². The summed E-state index contributed by atoms with van der Waals surface area (Å²) in [5.41, 5.74) is 3.85. The summed E-state index contributed by atoms with van der Waals surface area (Å²) in [5.74, 6) is 2.07. The maximum Gasteiger partial charge on any atom is 0.146 e. The molecule has 0 radical (unpaired) electrons. The van der Waals surface area contributed by atoms with Crippen molar-refractivity contribution < 1.29 is 9.90 Å². The number of allylic oxidation sites excluding steroid dienone is 1. The molecule has 2 aromatic rings. The van der Waals surface area contributed by atoms with Crippen LogP contribution in [0.4, 0.5) is 0 Å². The summed E-state index contributed by atoms with van der Waals surface area (Å²) in [4.78, 5) is 17.9. The van der Waals surface area contributed by atoms with Crippen molar-refractivity contribution in [2.75, 3.05) is 5.75 Å². The molecule has 0 aliphatic heterocycles. The summed E-state index contributed by atoms with van der Waals surface area (Å²) < 4.78 is 2.17. The van der Waals surface area contributed by atoms with Crippen LogP contribution >= 0.6 is 11.8 Å². The van der Waals surface area contributed by atoms with E-state index in [0.29, 0.717) is 23.4 Å². The van der Waals surface area contributed by atoms with Crippen LogP contribution in [0.15, 0.2) is 41.2 Å². The molecule has 0 amide bonds. The number of aliphatic hydroxyl groups is 1. The monoisotopic (exact) mass is 519 g/mol. The van der Waals surface area contributed by atoms with Gasteiger partial charge in [-0.05, 0) is 112 Å². The van der Waals surface area contributed by atoms with Crippen LogP contribution in [0.2, 0.25) is 0 Å². The number of pyridine rings is 1. The van der Waals surface area contributed by atoms with Crippen molar-refractivity contribution in [2.24, 2.45) is 34.5 Å². The summed E-state index contributed by atoms with van der Waals surface area (Å²) in [5, 5.41) is 17.5. The van der Waals surface area contributed by atoms with E-state index in [-0.39, 0.29) is 34.3 Å². The second kappa shape index (κ2) is 8.81. The van der Waals surface area contributed by atoms with E-state index in [0.717, 1.165) is 43.6 Å². The first-order valence-corrected chi connectivity index (χ1v) is 15.0. The van der Waals surface area contributed by atoms with Gasteiger partial charge in [-0.1, -0.05) is 37.2 Å². The number of hydrogen-bond donors (Lipinski definition) is 1. The minimum atomic E-state index is -0.379. The lowest BCUT2D eigenvalue weighted by molar-refractivity contribution is -0.140. The molecule has 3 saturated carbocycles. The van der Waals surface area contributed by atoms with E-state index in [4.69, 9.17) is 5.10 Å². The number of hydrogen-bond acceptors (Lipinski definition) is 5. The zero-order chi connectivity index (χ0) is 26.2. The standard InChI is InChI=1S/C31H41N3O2S/c1-29(2,3)34-24-14-20-9-10-21-22-11-12-23(26(36)18-37-27-8-6-7-13-32-27)31(22,5)16-25(35)28(21)30(20,4)15-19(24)17-33-34/h6-8,13-14,17,21-23,25,28,35H,9-12,15-16,18H2,1-5H3. The molecule has 6 heteroatoms. The Morgan fingerprint density at radius 3 is 2.76 bits per heavy atom. The molecule has 3 fully saturated rings. The van der Waals surface area contributed by atoms with Crippen molar-refractivity contribution in [2.45, 2.75) is 89.8 Å². The predicted octanol–water partition coefficient (Wildman–Crippen LogP) is 6.16. The van der Waals surface area contributed by atoms with Crippen LogP contribution < -0.4 is 0 Å². The van der Waals surface area contributed by atoms with E-state index in [1.807, 2.05) is 18.2 Å². The molecule has 1 N–H and O–H groups in total. The molecule has 7 unspecified atom stereocenters. The molecule has 2 heterocycles. The minimum Gasteiger partial charge on any atom is -0.393 e. The lowest BCUT2D eigenvalue weighted by Crippen LogP contribution is -2.57. The van der Waals surface area contributed by atoms with E-state index >= 15 is 0 Å². The summed E-state index contributed by atoms with van der Waals surface area (Å²) in [6, 6.07) is 5.85. The molecule has 4 aliphatic carbocycles. The van der Waals surface area contributed by atoms with Gasteiger partial charge in [-0.25, -0.2) is 4.98 Å². The Hall–Kier alpha value is -1.92. The Balaban J connectivity index is 1.25. The van der Waals surface area contributed by atoms with Crippen LogP contribution in [-0.2, 0) is 16.8 Å². The lowest BCUT2D eigenvalue weighted by atomic mass is 9.46. The Bertz CT molecular complexity index is 1230. The normalized spacial score (nSPS) is 36.7. The number of rotatable bonds is 4. The summed E-state index contributed by atoms with van der Waals surface area (Å²) in [6.45, 7) is 11.4. The smallest absolute Gasteiger partial charge is 0.146 e. The van der Waals surface area contributed by atoms with Crippen molar-refractivity contribution in [1.29, 1.82) is 0 Å². The molecule has 0 aromatic carbocycles. The average Bonchev–Trinajstić information content (AvgIpc) is 3.41. The number of aliphatic hydroxyl groups excluding tert-OH is 1. The van der Waals surface area contributed by atoms with Gasteiger partial charge in [0.2, 0.25) is 0 Å². The fourth-order valence-electron chi connectivity index (χ4n) is 8.93. The highest BCUT2D eigenvalue weighted by atomic mass is 32.2. The van der Waals surface area contributed by atoms with E-state index < -0.39 is 0 Å². The third-order valence-corrected chi connectivity index (χ3v) is 11.4. The fourth-order valence-corrected chi connectivity index (χ4v) is 9.73. The van der Waals surface area contributed by atoms with Gasteiger partial charge >= 0.3 is 0 Å². The Morgan fingerprint density at radius 2 is 2.03 bits per heavy atom. The number of aromatic nitrogens is 3. The zero-order valence-electron chi connectivity index (χ0n) is 22.9. The van der Waals surface area contributed by atoms with E-state index in [2.05, 4.69) is 56.6 Å².